The van der Waals surface area contributed by atoms with Gasteiger partial charge in [0.15, 0.2) is 11.5 Å². The summed E-state index contributed by atoms with van der Waals surface area (Å²) >= 11 is 3.15. The molecule has 1 unspecified atom stereocenters. The lowest BCUT2D eigenvalue weighted by Gasteiger charge is -2.26. The summed E-state index contributed by atoms with van der Waals surface area (Å²) < 4.78 is 47.2. The highest BCUT2D eigenvalue weighted by Gasteiger charge is 2.50. The molecule has 0 aliphatic carbocycles. The first-order chi connectivity index (χ1) is 17.6. The maximum atomic E-state index is 14.0. The van der Waals surface area contributed by atoms with E-state index < -0.39 is 27.4 Å². The molecule has 0 bridgehead atoms. The third kappa shape index (κ3) is 4.27. The summed E-state index contributed by atoms with van der Waals surface area (Å²) in [6, 6.07) is 17.8. The lowest BCUT2D eigenvalue weighted by Crippen LogP contribution is -2.41. The molecule has 188 valence electrons. The van der Waals surface area contributed by atoms with Gasteiger partial charge in [0.25, 0.3) is 5.91 Å². The van der Waals surface area contributed by atoms with Crippen molar-refractivity contribution in [2.75, 3.05) is 7.05 Å². The van der Waals surface area contributed by atoms with Gasteiger partial charge in [-0.15, -0.1) is 0 Å². The summed E-state index contributed by atoms with van der Waals surface area (Å²) in [6.45, 7) is 0. The Bertz CT molecular complexity index is 1640. The maximum Gasteiger partial charge on any atom is 0.339 e. The van der Waals surface area contributed by atoms with Gasteiger partial charge in [-0.3, -0.25) is 9.69 Å². The van der Waals surface area contributed by atoms with E-state index in [0.29, 0.717) is 16.8 Å². The molecule has 4 aromatic rings. The molecule has 0 radical (unpaired) electrons. The molecule has 0 saturated carbocycles. The average molecular weight is 584 g/mol. The Morgan fingerprint density at radius 3 is 2.38 bits per heavy atom. The highest BCUT2D eigenvalue weighted by Crippen LogP contribution is 2.41. The Morgan fingerprint density at radius 1 is 1.03 bits per heavy atom. The fourth-order valence-corrected chi connectivity index (χ4v) is 5.34. The predicted molar refractivity (Wildman–Crippen MR) is 137 cm³/mol. The number of halogens is 2. The average Bonchev–Trinajstić information content (AvgIpc) is 3.50. The van der Waals surface area contributed by atoms with Crippen LogP contribution in [0.3, 0.4) is 0 Å². The highest BCUT2D eigenvalue weighted by molar-refractivity contribution is 9.10. The van der Waals surface area contributed by atoms with Gasteiger partial charge in [0.05, 0.1) is 10.2 Å². The van der Waals surface area contributed by atoms with Gasteiger partial charge in [-0.1, -0.05) is 18.2 Å². The summed E-state index contributed by atoms with van der Waals surface area (Å²) in [5.74, 6) is -1.08. The molecule has 2 heterocycles. The van der Waals surface area contributed by atoms with Crippen LogP contribution in [0.15, 0.2) is 99.6 Å². The first-order valence-electron chi connectivity index (χ1n) is 10.9. The lowest BCUT2D eigenvalue weighted by molar-refractivity contribution is -0.129. The minimum atomic E-state index is -4.21. The van der Waals surface area contributed by atoms with Gasteiger partial charge in [-0.2, -0.15) is 13.5 Å². The molecule has 1 amide bonds. The number of nitrogens with two attached hydrogens (primary N) is 1. The quantitative estimate of drug-likeness (QED) is 0.346. The van der Waals surface area contributed by atoms with E-state index in [0.717, 1.165) is 0 Å². The Labute approximate surface area is 220 Å². The SMILES string of the molecule is CN1C(=O)C(c2cccc(OS(=O)(=O)c3ccc(-n4cccn4)cc3)c2)(c2ccc(F)c(Br)c2)N=C1N. The van der Waals surface area contributed by atoms with Crippen LogP contribution < -0.4 is 9.92 Å². The molecular formula is C25H19BrFN5O4S. The molecular weight excluding hydrogens is 565 g/mol. The van der Waals surface area contributed by atoms with Crippen molar-refractivity contribution in [1.82, 2.24) is 14.7 Å². The lowest BCUT2D eigenvalue weighted by atomic mass is 9.82. The molecule has 0 saturated heterocycles. The third-order valence-corrected chi connectivity index (χ3v) is 7.80. The van der Waals surface area contributed by atoms with Crippen LogP contribution >= 0.6 is 15.9 Å². The smallest absolute Gasteiger partial charge is 0.339 e. The zero-order chi connectivity index (χ0) is 26.4. The highest BCUT2D eigenvalue weighted by atomic mass is 79.9. The van der Waals surface area contributed by atoms with Gasteiger partial charge in [0.2, 0.25) is 0 Å². The van der Waals surface area contributed by atoms with E-state index in [2.05, 4.69) is 26.0 Å². The number of amides is 1. The number of nitrogens with zero attached hydrogens (tertiary/aromatic N) is 4. The van der Waals surface area contributed by atoms with Crippen molar-refractivity contribution >= 4 is 37.9 Å². The number of benzene rings is 3. The van der Waals surface area contributed by atoms with Gasteiger partial charge in [-0.05, 0) is 81.7 Å². The minimum Gasteiger partial charge on any atom is -0.379 e. The van der Waals surface area contributed by atoms with E-state index in [1.54, 1.807) is 47.4 Å². The zero-order valence-corrected chi connectivity index (χ0v) is 21.6. The second-order valence-corrected chi connectivity index (χ2v) is 10.6. The van der Waals surface area contributed by atoms with Gasteiger partial charge in [-0.25, -0.2) is 14.1 Å². The number of aromatic nitrogens is 2. The molecule has 0 fully saturated rings. The topological polar surface area (TPSA) is 120 Å². The Kier molecular flexibility index (Phi) is 6.08. The predicted octanol–water partition coefficient (Wildman–Crippen LogP) is 3.57. The normalized spacial score (nSPS) is 17.6. The number of hydrogen-bond donors (Lipinski definition) is 1. The second kappa shape index (κ2) is 9.12. The van der Waals surface area contributed by atoms with Crippen LogP contribution in [0.2, 0.25) is 0 Å². The molecule has 1 atom stereocenters. The molecule has 0 spiro atoms. The van der Waals surface area contributed by atoms with Crippen LogP contribution in [0.1, 0.15) is 11.1 Å². The number of aliphatic imine (C=N–C) groups is 1. The van der Waals surface area contributed by atoms with Crippen molar-refractivity contribution in [1.29, 1.82) is 0 Å². The van der Waals surface area contributed by atoms with Crippen LogP contribution in [0, 0.1) is 5.82 Å². The molecule has 5 rings (SSSR count). The van der Waals surface area contributed by atoms with E-state index in [-0.39, 0.29) is 21.1 Å². The molecule has 1 aliphatic heterocycles. The zero-order valence-electron chi connectivity index (χ0n) is 19.2. The van der Waals surface area contributed by atoms with E-state index in [1.165, 1.54) is 54.4 Å². The third-order valence-electron chi connectivity index (χ3n) is 5.93. The van der Waals surface area contributed by atoms with Crippen LogP contribution in [-0.4, -0.2) is 42.0 Å². The summed E-state index contributed by atoms with van der Waals surface area (Å²) in [6.07, 6.45) is 3.35. The molecule has 2 N–H and O–H groups in total. The summed E-state index contributed by atoms with van der Waals surface area (Å²) in [5, 5.41) is 4.11. The number of carbonyl (C=O) groups excluding carboxylic acids is 1. The van der Waals surface area contributed by atoms with Crippen LogP contribution in [0.5, 0.6) is 5.75 Å². The van der Waals surface area contributed by atoms with Gasteiger partial charge >= 0.3 is 10.1 Å². The van der Waals surface area contributed by atoms with Crippen molar-refractivity contribution in [2.24, 2.45) is 10.7 Å². The van der Waals surface area contributed by atoms with Crippen molar-refractivity contribution in [3.63, 3.8) is 0 Å². The fraction of sp³-hybridized carbons (Fsp3) is 0.0800. The van der Waals surface area contributed by atoms with Crippen molar-refractivity contribution < 1.29 is 21.8 Å². The monoisotopic (exact) mass is 583 g/mol. The maximum absolute atomic E-state index is 14.0. The van der Waals surface area contributed by atoms with E-state index >= 15 is 0 Å². The van der Waals surface area contributed by atoms with Crippen LogP contribution in [0.25, 0.3) is 5.69 Å². The standard InChI is InChI=1S/C25H19BrFN5O4S/c1-31-23(33)25(30-24(31)28,17-6-11-22(27)21(26)15-17)16-4-2-5-19(14-16)36-37(34,35)20-9-7-18(8-10-20)32-13-3-12-29-32/h2-15H,1H3,(H2,28,30). The Hall–Kier alpha value is -4.03. The van der Waals surface area contributed by atoms with Crippen LogP contribution in [-0.2, 0) is 20.5 Å². The van der Waals surface area contributed by atoms with E-state index in [4.69, 9.17) is 9.92 Å². The summed E-state index contributed by atoms with van der Waals surface area (Å²) in [4.78, 5) is 19.0. The fourth-order valence-electron chi connectivity index (χ4n) is 4.04. The van der Waals surface area contributed by atoms with E-state index in [9.17, 15) is 17.6 Å². The van der Waals surface area contributed by atoms with Crippen molar-refractivity contribution in [2.45, 2.75) is 10.4 Å². The molecule has 3 aromatic carbocycles. The largest absolute Gasteiger partial charge is 0.379 e. The first-order valence-corrected chi connectivity index (χ1v) is 13.1. The molecule has 1 aliphatic rings. The number of hydrogen-bond acceptors (Lipinski definition) is 7. The summed E-state index contributed by atoms with van der Waals surface area (Å²) in [7, 11) is -2.74. The number of rotatable bonds is 6. The van der Waals surface area contributed by atoms with Crippen molar-refractivity contribution in [3.05, 3.63) is 107 Å². The summed E-state index contributed by atoms with van der Waals surface area (Å²) in [5.41, 5.74) is 5.64. The molecule has 1 aromatic heterocycles. The Morgan fingerprint density at radius 2 is 1.76 bits per heavy atom. The number of carbonyl (C=O) groups is 1. The molecule has 9 nitrogen and oxygen atoms in total. The van der Waals surface area contributed by atoms with Gasteiger partial charge in [0.1, 0.15) is 16.5 Å². The molecule has 12 heteroatoms. The van der Waals surface area contributed by atoms with E-state index in [1.807, 2.05) is 0 Å². The van der Waals surface area contributed by atoms with Crippen molar-refractivity contribution in [3.8, 4) is 11.4 Å². The number of guanidine groups is 1. The first kappa shape index (κ1) is 24.7. The van der Waals surface area contributed by atoms with Gasteiger partial charge < -0.3 is 9.92 Å². The second-order valence-electron chi connectivity index (χ2n) is 8.18. The minimum absolute atomic E-state index is 0.0367. The Balaban J connectivity index is 1.53. The molecule has 37 heavy (non-hydrogen) atoms. The van der Waals surface area contributed by atoms with Gasteiger partial charge in [0, 0.05) is 19.4 Å². The van der Waals surface area contributed by atoms with Crippen LogP contribution in [0.4, 0.5) is 4.39 Å². The number of likely N-dealkylation sites (N-methyl/N-ethyl adjacent to an activating group) is 1.